The van der Waals surface area contributed by atoms with Crippen LogP contribution >= 0.6 is 0 Å². The minimum atomic E-state index is -0.820. The number of carbonyl (C=O) groups is 1. The second-order valence-electron chi connectivity index (χ2n) is 3.87. The number of aliphatic carboxylic acids is 1. The zero-order chi connectivity index (χ0) is 12.7. The molecule has 1 N–H and O–H groups in total. The van der Waals surface area contributed by atoms with Crippen molar-refractivity contribution in [1.82, 2.24) is 0 Å². The molecular formula is C13H16N2O2. The molecule has 4 nitrogen and oxygen atoms in total. The molecule has 1 aromatic carbocycles. The van der Waals surface area contributed by atoms with E-state index in [1.807, 2.05) is 36.1 Å². The first-order chi connectivity index (χ1) is 8.13. The minimum absolute atomic E-state index is 0.0826. The van der Waals surface area contributed by atoms with Gasteiger partial charge in [-0.2, -0.15) is 5.26 Å². The summed E-state index contributed by atoms with van der Waals surface area (Å²) in [7, 11) is 0. The second-order valence-corrected chi connectivity index (χ2v) is 3.87. The molecule has 0 amide bonds. The molecule has 17 heavy (non-hydrogen) atoms. The van der Waals surface area contributed by atoms with E-state index in [-0.39, 0.29) is 6.42 Å². The monoisotopic (exact) mass is 232 g/mol. The molecular weight excluding hydrogens is 216 g/mol. The van der Waals surface area contributed by atoms with Crippen molar-refractivity contribution in [3.63, 3.8) is 0 Å². The Labute approximate surface area is 101 Å². The Bertz CT molecular complexity index is 406. The van der Waals surface area contributed by atoms with Crippen molar-refractivity contribution in [1.29, 1.82) is 5.26 Å². The summed E-state index contributed by atoms with van der Waals surface area (Å²) < 4.78 is 0. The molecule has 1 aromatic rings. The van der Waals surface area contributed by atoms with Crippen LogP contribution in [0.3, 0.4) is 0 Å². The topological polar surface area (TPSA) is 64.3 Å². The number of aryl methyl sites for hydroxylation is 1. The molecule has 0 saturated heterocycles. The van der Waals surface area contributed by atoms with Crippen LogP contribution in [0.5, 0.6) is 0 Å². The summed E-state index contributed by atoms with van der Waals surface area (Å²) in [5.41, 5.74) is 2.12. The summed E-state index contributed by atoms with van der Waals surface area (Å²) in [6.07, 6.45) is 0.479. The lowest BCUT2D eigenvalue weighted by atomic mass is 10.2. The predicted molar refractivity (Wildman–Crippen MR) is 65.9 cm³/mol. The van der Waals surface area contributed by atoms with Crippen LogP contribution in [0.1, 0.15) is 18.4 Å². The molecule has 0 aliphatic carbocycles. The van der Waals surface area contributed by atoms with Gasteiger partial charge in [-0.15, -0.1) is 0 Å². The van der Waals surface area contributed by atoms with E-state index >= 15 is 0 Å². The number of nitriles is 1. The van der Waals surface area contributed by atoms with E-state index in [9.17, 15) is 4.79 Å². The van der Waals surface area contributed by atoms with Crippen molar-refractivity contribution >= 4 is 11.7 Å². The smallest absolute Gasteiger partial charge is 0.305 e. The van der Waals surface area contributed by atoms with Crippen LogP contribution in [0.2, 0.25) is 0 Å². The highest BCUT2D eigenvalue weighted by Crippen LogP contribution is 2.15. The van der Waals surface area contributed by atoms with Gasteiger partial charge in [-0.25, -0.2) is 0 Å². The van der Waals surface area contributed by atoms with Gasteiger partial charge >= 0.3 is 5.97 Å². The minimum Gasteiger partial charge on any atom is -0.481 e. The van der Waals surface area contributed by atoms with Gasteiger partial charge in [-0.05, 0) is 19.1 Å². The van der Waals surface area contributed by atoms with Crippen LogP contribution in [-0.4, -0.2) is 24.2 Å². The lowest BCUT2D eigenvalue weighted by molar-refractivity contribution is -0.136. The van der Waals surface area contributed by atoms with Gasteiger partial charge in [0.05, 0.1) is 18.9 Å². The number of carboxylic acid groups (broad SMARTS) is 1. The third-order valence-electron chi connectivity index (χ3n) is 2.49. The van der Waals surface area contributed by atoms with E-state index in [1.165, 1.54) is 0 Å². The van der Waals surface area contributed by atoms with E-state index < -0.39 is 5.97 Å². The molecule has 0 saturated carbocycles. The first-order valence-corrected chi connectivity index (χ1v) is 5.54. The Morgan fingerprint density at radius 2 is 2.00 bits per heavy atom. The molecule has 0 radical (unpaired) electrons. The molecule has 0 bridgehead atoms. The van der Waals surface area contributed by atoms with Crippen LogP contribution in [0.15, 0.2) is 24.3 Å². The second kappa shape index (κ2) is 6.54. The summed E-state index contributed by atoms with van der Waals surface area (Å²) in [6, 6.07) is 9.95. The van der Waals surface area contributed by atoms with E-state index in [0.29, 0.717) is 19.5 Å². The van der Waals surface area contributed by atoms with Crippen molar-refractivity contribution in [2.24, 2.45) is 0 Å². The van der Waals surface area contributed by atoms with Crippen LogP contribution in [0.25, 0.3) is 0 Å². The molecule has 1 rings (SSSR count). The maximum absolute atomic E-state index is 10.6. The van der Waals surface area contributed by atoms with E-state index in [2.05, 4.69) is 6.07 Å². The van der Waals surface area contributed by atoms with Gasteiger partial charge in [-0.1, -0.05) is 17.7 Å². The highest BCUT2D eigenvalue weighted by atomic mass is 16.4. The summed E-state index contributed by atoms with van der Waals surface area (Å²) in [4.78, 5) is 12.5. The largest absolute Gasteiger partial charge is 0.481 e. The Balaban J connectivity index is 2.71. The summed E-state index contributed by atoms with van der Waals surface area (Å²) in [6.45, 7) is 2.99. The number of rotatable bonds is 6. The molecule has 0 heterocycles. The molecule has 90 valence electrons. The van der Waals surface area contributed by atoms with Crippen molar-refractivity contribution in [3.8, 4) is 6.07 Å². The van der Waals surface area contributed by atoms with Gasteiger partial charge in [-0.3, -0.25) is 4.79 Å². The molecule has 0 spiro atoms. The lowest BCUT2D eigenvalue weighted by Crippen LogP contribution is -2.27. The Morgan fingerprint density at radius 3 is 2.53 bits per heavy atom. The lowest BCUT2D eigenvalue weighted by Gasteiger charge is -2.23. The Morgan fingerprint density at radius 1 is 1.35 bits per heavy atom. The predicted octanol–water partition coefficient (Wildman–Crippen LogP) is 2.19. The molecule has 0 fully saturated rings. The number of carboxylic acids is 1. The maximum atomic E-state index is 10.6. The molecule has 0 atom stereocenters. The van der Waals surface area contributed by atoms with E-state index in [1.54, 1.807) is 0 Å². The van der Waals surface area contributed by atoms with E-state index in [4.69, 9.17) is 10.4 Å². The first kappa shape index (κ1) is 13.0. The standard InChI is InChI=1S/C13H16N2O2/c1-11-3-5-12(6-4-11)15(9-2-8-14)10-7-13(16)17/h3-6H,2,7,9-10H2,1H3,(H,16,17). The molecule has 0 unspecified atom stereocenters. The number of benzene rings is 1. The van der Waals surface area contributed by atoms with Crippen molar-refractivity contribution in [3.05, 3.63) is 29.8 Å². The van der Waals surface area contributed by atoms with Gasteiger partial charge in [0.15, 0.2) is 0 Å². The third kappa shape index (κ3) is 4.56. The number of anilines is 1. The SMILES string of the molecule is Cc1ccc(N(CCC#N)CCC(=O)O)cc1. The van der Waals surface area contributed by atoms with Crippen molar-refractivity contribution < 1.29 is 9.90 Å². The van der Waals surface area contributed by atoms with Crippen molar-refractivity contribution in [2.75, 3.05) is 18.0 Å². The quantitative estimate of drug-likeness (QED) is 0.816. The van der Waals surface area contributed by atoms with Gasteiger partial charge in [0, 0.05) is 18.8 Å². The van der Waals surface area contributed by atoms with Crippen LogP contribution in [0.4, 0.5) is 5.69 Å². The average Bonchev–Trinajstić information content (AvgIpc) is 2.30. The summed E-state index contributed by atoms with van der Waals surface area (Å²) in [5.74, 6) is -0.820. The van der Waals surface area contributed by atoms with E-state index in [0.717, 1.165) is 11.3 Å². The fraction of sp³-hybridized carbons (Fsp3) is 0.385. The zero-order valence-electron chi connectivity index (χ0n) is 9.89. The fourth-order valence-electron chi connectivity index (χ4n) is 1.54. The maximum Gasteiger partial charge on any atom is 0.305 e. The fourth-order valence-corrected chi connectivity index (χ4v) is 1.54. The average molecular weight is 232 g/mol. The van der Waals surface area contributed by atoms with Gasteiger partial charge in [0.2, 0.25) is 0 Å². The molecule has 0 aliphatic rings. The van der Waals surface area contributed by atoms with Gasteiger partial charge in [0.25, 0.3) is 0 Å². The van der Waals surface area contributed by atoms with Crippen LogP contribution < -0.4 is 4.90 Å². The highest BCUT2D eigenvalue weighted by molar-refractivity contribution is 5.67. The van der Waals surface area contributed by atoms with Crippen LogP contribution in [0, 0.1) is 18.3 Å². The number of nitrogens with zero attached hydrogens (tertiary/aromatic N) is 2. The third-order valence-corrected chi connectivity index (χ3v) is 2.49. The molecule has 4 heteroatoms. The summed E-state index contributed by atoms with van der Waals surface area (Å²) >= 11 is 0. The Kier molecular flexibility index (Phi) is 5.02. The number of hydrogen-bond acceptors (Lipinski definition) is 3. The van der Waals surface area contributed by atoms with Gasteiger partial charge in [0.1, 0.15) is 0 Å². The van der Waals surface area contributed by atoms with Crippen LogP contribution in [-0.2, 0) is 4.79 Å². The Hall–Kier alpha value is -2.02. The highest BCUT2D eigenvalue weighted by Gasteiger charge is 2.08. The molecule has 0 aliphatic heterocycles. The summed E-state index contributed by atoms with van der Waals surface area (Å²) in [5, 5.41) is 17.3. The van der Waals surface area contributed by atoms with Gasteiger partial charge < -0.3 is 10.0 Å². The number of hydrogen-bond donors (Lipinski definition) is 1. The zero-order valence-corrected chi connectivity index (χ0v) is 9.89. The molecule has 0 aromatic heterocycles. The normalized spacial score (nSPS) is 9.65. The van der Waals surface area contributed by atoms with Crippen molar-refractivity contribution in [2.45, 2.75) is 19.8 Å². The first-order valence-electron chi connectivity index (χ1n) is 5.54.